The Morgan fingerprint density at radius 1 is 1.38 bits per heavy atom. The van der Waals surface area contributed by atoms with E-state index in [1.54, 1.807) is 6.92 Å². The number of carbonyl (C=O) groups excluding carboxylic acids is 1. The molecule has 3 nitrogen and oxygen atoms in total. The lowest BCUT2D eigenvalue weighted by Crippen LogP contribution is -2.46. The molecule has 1 heterocycles. The Morgan fingerprint density at radius 2 is 2.10 bits per heavy atom. The lowest BCUT2D eigenvalue weighted by atomic mass is 9.98. The fourth-order valence-corrected chi connectivity index (χ4v) is 2.30. The number of anilines is 1. The van der Waals surface area contributed by atoms with Crippen molar-refractivity contribution in [3.8, 4) is 0 Å². The number of urea groups is 1. The zero-order valence-corrected chi connectivity index (χ0v) is 11.5. The minimum Gasteiger partial charge on any atom is -0.324 e. The number of nitrogens with one attached hydrogen (secondary N) is 1. The summed E-state index contributed by atoms with van der Waals surface area (Å²) in [5.74, 6) is -1.97. The maximum absolute atomic E-state index is 13.4. The van der Waals surface area contributed by atoms with Crippen LogP contribution >= 0.6 is 0 Å². The topological polar surface area (TPSA) is 32.3 Å². The molecule has 1 atom stereocenters. The minimum atomic E-state index is -4.30. The summed E-state index contributed by atoms with van der Waals surface area (Å²) >= 11 is 0. The molecule has 1 aliphatic heterocycles. The molecule has 1 saturated heterocycles. The fraction of sp³-hybridized carbons (Fsp3) is 0.500. The monoisotopic (exact) mass is 304 g/mol. The number of alkyl halides is 3. The second-order valence-corrected chi connectivity index (χ2v) is 5.22. The molecule has 7 heteroatoms. The Bertz CT molecular complexity index is 530. The molecule has 0 aromatic heterocycles. The van der Waals surface area contributed by atoms with Gasteiger partial charge in [-0.15, -0.1) is 0 Å². The molecule has 0 bridgehead atoms. The summed E-state index contributed by atoms with van der Waals surface area (Å²) in [7, 11) is 0. The van der Waals surface area contributed by atoms with Crippen LogP contribution in [0.25, 0.3) is 0 Å². The van der Waals surface area contributed by atoms with Crippen LogP contribution in [0, 0.1) is 18.7 Å². The Morgan fingerprint density at radius 3 is 2.71 bits per heavy atom. The third kappa shape index (κ3) is 3.86. The molecule has 0 aliphatic carbocycles. The first-order valence-electron chi connectivity index (χ1n) is 6.66. The number of piperidine rings is 1. The van der Waals surface area contributed by atoms with Crippen LogP contribution in [-0.4, -0.2) is 30.2 Å². The number of aryl methyl sites for hydroxylation is 1. The number of amides is 2. The lowest BCUT2D eigenvalue weighted by molar-refractivity contribution is -0.183. The van der Waals surface area contributed by atoms with Crippen molar-refractivity contribution >= 4 is 11.7 Å². The third-order valence-electron chi connectivity index (χ3n) is 3.59. The van der Waals surface area contributed by atoms with Gasteiger partial charge in [0.05, 0.1) is 5.92 Å². The normalized spacial score (nSPS) is 19.5. The van der Waals surface area contributed by atoms with Gasteiger partial charge in [-0.25, -0.2) is 9.18 Å². The van der Waals surface area contributed by atoms with Gasteiger partial charge >= 0.3 is 12.2 Å². The number of nitrogens with zero attached hydrogens (tertiary/aromatic N) is 1. The standard InChI is InChI=1S/C14H16F4N2O/c1-9-4-5-11(7-12(9)15)19-13(21)20-6-2-3-10(8-20)14(16,17)18/h4-5,7,10H,2-3,6,8H2,1H3,(H,19,21)/t10-/m1/s1. The summed E-state index contributed by atoms with van der Waals surface area (Å²) in [6.45, 7) is 1.50. The van der Waals surface area contributed by atoms with Crippen molar-refractivity contribution in [2.45, 2.75) is 25.9 Å². The number of rotatable bonds is 1. The van der Waals surface area contributed by atoms with Crippen molar-refractivity contribution in [2.24, 2.45) is 5.92 Å². The fourth-order valence-electron chi connectivity index (χ4n) is 2.30. The Kier molecular flexibility index (Phi) is 4.39. The molecule has 1 N–H and O–H groups in total. The van der Waals surface area contributed by atoms with Crippen molar-refractivity contribution < 1.29 is 22.4 Å². The molecule has 2 rings (SSSR count). The van der Waals surface area contributed by atoms with E-state index in [9.17, 15) is 22.4 Å². The van der Waals surface area contributed by atoms with E-state index in [4.69, 9.17) is 0 Å². The number of halogens is 4. The van der Waals surface area contributed by atoms with Crippen LogP contribution in [0.5, 0.6) is 0 Å². The Hall–Kier alpha value is -1.79. The number of likely N-dealkylation sites (tertiary alicyclic amines) is 1. The quantitative estimate of drug-likeness (QED) is 0.783. The number of hydrogen-bond donors (Lipinski definition) is 1. The minimum absolute atomic E-state index is 0.0342. The first-order chi connectivity index (χ1) is 9.77. The number of benzene rings is 1. The highest BCUT2D eigenvalue weighted by Crippen LogP contribution is 2.33. The predicted octanol–water partition coefficient (Wildman–Crippen LogP) is 3.94. The second kappa shape index (κ2) is 5.91. The highest BCUT2D eigenvalue weighted by atomic mass is 19.4. The van der Waals surface area contributed by atoms with Crippen LogP contribution in [0.2, 0.25) is 0 Å². The van der Waals surface area contributed by atoms with Crippen LogP contribution in [0.3, 0.4) is 0 Å². The zero-order chi connectivity index (χ0) is 15.6. The van der Waals surface area contributed by atoms with Gasteiger partial charge in [-0.3, -0.25) is 0 Å². The number of carbonyl (C=O) groups is 1. The van der Waals surface area contributed by atoms with Gasteiger partial charge in [0, 0.05) is 18.8 Å². The summed E-state index contributed by atoms with van der Waals surface area (Å²) in [6.07, 6.45) is -3.96. The maximum atomic E-state index is 13.4. The summed E-state index contributed by atoms with van der Waals surface area (Å²) in [4.78, 5) is 13.1. The van der Waals surface area contributed by atoms with E-state index in [1.165, 1.54) is 12.1 Å². The van der Waals surface area contributed by atoms with Gasteiger partial charge in [-0.1, -0.05) is 6.07 Å². The van der Waals surface area contributed by atoms with Crippen LogP contribution in [-0.2, 0) is 0 Å². The summed E-state index contributed by atoms with van der Waals surface area (Å²) < 4.78 is 51.5. The van der Waals surface area contributed by atoms with Crippen LogP contribution in [0.1, 0.15) is 18.4 Å². The van der Waals surface area contributed by atoms with E-state index < -0.39 is 23.9 Å². The largest absolute Gasteiger partial charge is 0.393 e. The van der Waals surface area contributed by atoms with Gasteiger partial charge in [-0.05, 0) is 37.5 Å². The van der Waals surface area contributed by atoms with E-state index in [1.807, 2.05) is 0 Å². The van der Waals surface area contributed by atoms with Crippen LogP contribution in [0.4, 0.5) is 28.0 Å². The SMILES string of the molecule is Cc1ccc(NC(=O)N2CCC[C@@H](C(F)(F)F)C2)cc1F. The molecule has 1 fully saturated rings. The molecule has 1 aromatic carbocycles. The summed E-state index contributed by atoms with van der Waals surface area (Å²) in [5, 5.41) is 2.43. The van der Waals surface area contributed by atoms with Gasteiger partial charge in [0.25, 0.3) is 0 Å². The van der Waals surface area contributed by atoms with Gasteiger partial charge in [-0.2, -0.15) is 13.2 Å². The Labute approximate surface area is 119 Å². The smallest absolute Gasteiger partial charge is 0.324 e. The average Bonchev–Trinajstić information content (AvgIpc) is 2.42. The van der Waals surface area contributed by atoms with Gasteiger partial charge in [0.1, 0.15) is 5.82 Å². The highest BCUT2D eigenvalue weighted by molar-refractivity contribution is 5.89. The van der Waals surface area contributed by atoms with E-state index in [0.29, 0.717) is 12.0 Å². The third-order valence-corrected chi connectivity index (χ3v) is 3.59. The van der Waals surface area contributed by atoms with E-state index in [0.717, 1.165) is 11.0 Å². The molecule has 21 heavy (non-hydrogen) atoms. The first kappa shape index (κ1) is 15.6. The average molecular weight is 304 g/mol. The first-order valence-corrected chi connectivity index (χ1v) is 6.66. The number of hydrogen-bond acceptors (Lipinski definition) is 1. The molecule has 2 amide bonds. The van der Waals surface area contributed by atoms with Crippen molar-refractivity contribution in [2.75, 3.05) is 18.4 Å². The van der Waals surface area contributed by atoms with Crippen molar-refractivity contribution in [3.05, 3.63) is 29.6 Å². The van der Waals surface area contributed by atoms with Gasteiger partial charge in [0.2, 0.25) is 0 Å². The van der Waals surface area contributed by atoms with E-state index in [2.05, 4.69) is 5.32 Å². The zero-order valence-electron chi connectivity index (χ0n) is 11.5. The predicted molar refractivity (Wildman–Crippen MR) is 70.5 cm³/mol. The van der Waals surface area contributed by atoms with Crippen LogP contribution in [0.15, 0.2) is 18.2 Å². The van der Waals surface area contributed by atoms with Crippen molar-refractivity contribution in [3.63, 3.8) is 0 Å². The van der Waals surface area contributed by atoms with E-state index >= 15 is 0 Å². The van der Waals surface area contributed by atoms with Crippen LogP contribution < -0.4 is 5.32 Å². The molecule has 0 radical (unpaired) electrons. The molecule has 0 unspecified atom stereocenters. The lowest BCUT2D eigenvalue weighted by Gasteiger charge is -2.33. The van der Waals surface area contributed by atoms with Crippen molar-refractivity contribution in [1.29, 1.82) is 0 Å². The summed E-state index contributed by atoms with van der Waals surface area (Å²) in [6, 6.07) is 3.53. The maximum Gasteiger partial charge on any atom is 0.393 e. The van der Waals surface area contributed by atoms with Crippen molar-refractivity contribution in [1.82, 2.24) is 4.90 Å². The molecular formula is C14H16F4N2O. The molecule has 116 valence electrons. The molecule has 1 aliphatic rings. The molecule has 0 saturated carbocycles. The summed E-state index contributed by atoms with van der Waals surface area (Å²) in [5.41, 5.74) is 0.667. The molecule has 0 spiro atoms. The molecular weight excluding hydrogens is 288 g/mol. The van der Waals surface area contributed by atoms with Gasteiger partial charge < -0.3 is 10.2 Å². The van der Waals surface area contributed by atoms with E-state index in [-0.39, 0.29) is 25.2 Å². The van der Waals surface area contributed by atoms with Gasteiger partial charge in [0.15, 0.2) is 0 Å². The second-order valence-electron chi connectivity index (χ2n) is 5.22. The Balaban J connectivity index is 2.01. The highest BCUT2D eigenvalue weighted by Gasteiger charge is 2.42. The molecule has 1 aromatic rings.